The van der Waals surface area contributed by atoms with E-state index >= 15 is 0 Å². The lowest BCUT2D eigenvalue weighted by atomic mass is 9.95. The predicted octanol–water partition coefficient (Wildman–Crippen LogP) is 0.976. The second-order valence-corrected chi connectivity index (χ2v) is 7.07. The Bertz CT molecular complexity index is 266. The molecule has 7 heteroatoms. The number of hydrogen-bond acceptors (Lipinski definition) is 5. The first-order chi connectivity index (χ1) is 7.79. The number of rotatable bonds is 7. The molecular weight excluding hydrogens is 262 g/mol. The lowest BCUT2D eigenvalue weighted by Crippen LogP contribution is -2.47. The van der Waals surface area contributed by atoms with E-state index < -0.39 is 17.4 Å². The Morgan fingerprint density at radius 2 is 1.88 bits per heavy atom. The minimum atomic E-state index is -1.04. The Morgan fingerprint density at radius 1 is 1.29 bits per heavy atom. The molecule has 0 aromatic heterocycles. The molecule has 0 aliphatic heterocycles. The molecule has 0 aromatic rings. The quantitative estimate of drug-likeness (QED) is 0.476. The van der Waals surface area contributed by atoms with Crippen LogP contribution in [0.4, 0.5) is 0 Å². The molecule has 0 spiro atoms. The summed E-state index contributed by atoms with van der Waals surface area (Å²) in [5, 5.41) is 20.0. The van der Waals surface area contributed by atoms with E-state index in [0.29, 0.717) is 5.75 Å². The standard InChI is InChI=1S/C10H19NO4S2/c1-10(2,3)9(15)11-7(8(13)14)6-17-16-5-4-12/h7,12H,4-6H2,1-3H3,(H,11,15)(H,13,14). The van der Waals surface area contributed by atoms with Crippen molar-refractivity contribution in [3.8, 4) is 0 Å². The minimum Gasteiger partial charge on any atom is -0.480 e. The Hall–Kier alpha value is -0.400. The third-order valence-corrected chi connectivity index (χ3v) is 4.17. The first-order valence-corrected chi connectivity index (χ1v) is 7.67. The van der Waals surface area contributed by atoms with Crippen LogP contribution in [0, 0.1) is 5.41 Å². The summed E-state index contributed by atoms with van der Waals surface area (Å²) in [5.41, 5.74) is -0.601. The van der Waals surface area contributed by atoms with E-state index in [-0.39, 0.29) is 18.3 Å². The molecule has 3 N–H and O–H groups in total. The lowest BCUT2D eigenvalue weighted by molar-refractivity contribution is -0.142. The largest absolute Gasteiger partial charge is 0.480 e. The number of amides is 1. The van der Waals surface area contributed by atoms with E-state index in [2.05, 4.69) is 5.32 Å². The molecule has 0 radical (unpaired) electrons. The van der Waals surface area contributed by atoms with E-state index in [0.717, 1.165) is 0 Å². The van der Waals surface area contributed by atoms with Crippen LogP contribution in [0.3, 0.4) is 0 Å². The van der Waals surface area contributed by atoms with Crippen LogP contribution in [0.1, 0.15) is 20.8 Å². The highest BCUT2D eigenvalue weighted by Gasteiger charge is 2.27. The van der Waals surface area contributed by atoms with Gasteiger partial charge in [-0.05, 0) is 0 Å². The first kappa shape index (κ1) is 16.6. The van der Waals surface area contributed by atoms with Crippen LogP contribution in [-0.4, -0.2) is 46.2 Å². The molecule has 0 saturated heterocycles. The third kappa shape index (κ3) is 7.51. The molecular formula is C10H19NO4S2. The average Bonchev–Trinajstić information content (AvgIpc) is 2.20. The number of aliphatic hydroxyl groups is 1. The van der Waals surface area contributed by atoms with Gasteiger partial charge >= 0.3 is 5.97 Å². The highest BCUT2D eigenvalue weighted by Crippen LogP contribution is 2.22. The zero-order valence-corrected chi connectivity index (χ0v) is 11.9. The monoisotopic (exact) mass is 281 g/mol. The van der Waals surface area contributed by atoms with Gasteiger partial charge in [-0.3, -0.25) is 4.79 Å². The lowest BCUT2D eigenvalue weighted by Gasteiger charge is -2.21. The SMILES string of the molecule is CC(C)(C)C(=O)NC(CSSCCO)C(=O)O. The fraction of sp³-hybridized carbons (Fsp3) is 0.800. The zero-order chi connectivity index (χ0) is 13.5. The van der Waals surface area contributed by atoms with Crippen molar-refractivity contribution >= 4 is 33.5 Å². The van der Waals surface area contributed by atoms with E-state index in [1.165, 1.54) is 21.6 Å². The van der Waals surface area contributed by atoms with Crippen LogP contribution in [0.2, 0.25) is 0 Å². The number of carbonyl (C=O) groups is 2. The van der Waals surface area contributed by atoms with Crippen LogP contribution in [0.5, 0.6) is 0 Å². The molecule has 0 aromatic carbocycles. The van der Waals surface area contributed by atoms with Crippen molar-refractivity contribution in [2.24, 2.45) is 5.41 Å². The van der Waals surface area contributed by atoms with Crippen molar-refractivity contribution in [3.05, 3.63) is 0 Å². The van der Waals surface area contributed by atoms with Crippen molar-refractivity contribution < 1.29 is 19.8 Å². The molecule has 0 saturated carbocycles. The van der Waals surface area contributed by atoms with Gasteiger partial charge in [0, 0.05) is 16.9 Å². The Kier molecular flexibility index (Phi) is 7.65. The second-order valence-electron chi connectivity index (χ2n) is 4.44. The van der Waals surface area contributed by atoms with Crippen LogP contribution < -0.4 is 5.32 Å². The second kappa shape index (κ2) is 7.84. The molecule has 0 aliphatic rings. The van der Waals surface area contributed by atoms with E-state index in [4.69, 9.17) is 10.2 Å². The smallest absolute Gasteiger partial charge is 0.327 e. The highest BCUT2D eigenvalue weighted by molar-refractivity contribution is 8.76. The molecule has 1 amide bonds. The van der Waals surface area contributed by atoms with Gasteiger partial charge in [-0.25, -0.2) is 4.79 Å². The predicted molar refractivity (Wildman–Crippen MR) is 71.0 cm³/mol. The summed E-state index contributed by atoms with van der Waals surface area (Å²) in [4.78, 5) is 22.6. The summed E-state index contributed by atoms with van der Waals surface area (Å²) in [7, 11) is 2.71. The van der Waals surface area contributed by atoms with Gasteiger partial charge in [0.2, 0.25) is 5.91 Å². The Labute approximate surface area is 109 Å². The number of aliphatic hydroxyl groups excluding tert-OH is 1. The van der Waals surface area contributed by atoms with Gasteiger partial charge in [0.25, 0.3) is 0 Å². The molecule has 0 heterocycles. The third-order valence-electron chi connectivity index (χ3n) is 1.78. The van der Waals surface area contributed by atoms with Crippen molar-refractivity contribution in [1.29, 1.82) is 0 Å². The summed E-state index contributed by atoms with van der Waals surface area (Å²) in [6.07, 6.45) is 0. The van der Waals surface area contributed by atoms with Gasteiger partial charge in [0.1, 0.15) is 6.04 Å². The normalized spacial score (nSPS) is 13.2. The fourth-order valence-electron chi connectivity index (χ4n) is 0.762. The minimum absolute atomic E-state index is 0.0593. The molecule has 1 unspecified atom stereocenters. The topological polar surface area (TPSA) is 86.6 Å². The van der Waals surface area contributed by atoms with Gasteiger partial charge in [0.15, 0.2) is 0 Å². The van der Waals surface area contributed by atoms with Crippen molar-refractivity contribution in [2.45, 2.75) is 26.8 Å². The maximum Gasteiger partial charge on any atom is 0.327 e. The molecule has 100 valence electrons. The van der Waals surface area contributed by atoms with Gasteiger partial charge in [-0.15, -0.1) is 0 Å². The van der Waals surface area contributed by atoms with Gasteiger partial charge in [-0.2, -0.15) is 0 Å². The number of carboxylic acid groups (broad SMARTS) is 1. The van der Waals surface area contributed by atoms with Crippen LogP contribution in [0.15, 0.2) is 0 Å². The zero-order valence-electron chi connectivity index (χ0n) is 10.2. The van der Waals surface area contributed by atoms with Crippen molar-refractivity contribution in [1.82, 2.24) is 5.32 Å². The molecule has 0 fully saturated rings. The summed E-state index contributed by atoms with van der Waals surface area (Å²) >= 11 is 0. The van der Waals surface area contributed by atoms with Gasteiger partial charge in [-0.1, -0.05) is 42.4 Å². The molecule has 0 rings (SSSR count). The molecule has 0 bridgehead atoms. The Balaban J connectivity index is 4.17. The van der Waals surface area contributed by atoms with E-state index in [9.17, 15) is 9.59 Å². The number of carboxylic acids is 1. The number of carbonyl (C=O) groups excluding carboxylic acids is 1. The van der Waals surface area contributed by atoms with Crippen LogP contribution >= 0.6 is 21.6 Å². The van der Waals surface area contributed by atoms with Crippen molar-refractivity contribution in [3.63, 3.8) is 0 Å². The van der Waals surface area contributed by atoms with E-state index in [1.807, 2.05) is 0 Å². The fourth-order valence-corrected chi connectivity index (χ4v) is 2.69. The summed E-state index contributed by atoms with van der Waals surface area (Å²) < 4.78 is 0. The van der Waals surface area contributed by atoms with Crippen LogP contribution in [-0.2, 0) is 9.59 Å². The first-order valence-electron chi connectivity index (χ1n) is 5.18. The van der Waals surface area contributed by atoms with E-state index in [1.54, 1.807) is 20.8 Å². The maximum absolute atomic E-state index is 11.6. The van der Waals surface area contributed by atoms with Crippen molar-refractivity contribution in [2.75, 3.05) is 18.1 Å². The highest BCUT2D eigenvalue weighted by atomic mass is 33.1. The molecule has 5 nitrogen and oxygen atoms in total. The van der Waals surface area contributed by atoms with Gasteiger partial charge < -0.3 is 15.5 Å². The summed E-state index contributed by atoms with van der Waals surface area (Å²) in [5.74, 6) is -0.496. The molecule has 0 aliphatic carbocycles. The summed E-state index contributed by atoms with van der Waals surface area (Å²) in [6.45, 7) is 5.25. The summed E-state index contributed by atoms with van der Waals surface area (Å²) in [6, 6.07) is -0.891. The number of hydrogen-bond donors (Lipinski definition) is 3. The maximum atomic E-state index is 11.6. The van der Waals surface area contributed by atoms with Gasteiger partial charge in [0.05, 0.1) is 6.61 Å². The average molecular weight is 281 g/mol. The molecule has 1 atom stereocenters. The van der Waals surface area contributed by atoms with Crippen LogP contribution in [0.25, 0.3) is 0 Å². The number of nitrogens with one attached hydrogen (secondary N) is 1. The Morgan fingerprint density at radius 3 is 2.29 bits per heavy atom. The number of aliphatic carboxylic acids is 1. The molecule has 17 heavy (non-hydrogen) atoms.